The van der Waals surface area contributed by atoms with Gasteiger partial charge in [-0.2, -0.15) is 0 Å². The molecule has 0 bridgehead atoms. The third-order valence-electron chi connectivity index (χ3n) is 3.45. The molecule has 3 aromatic rings. The van der Waals surface area contributed by atoms with Gasteiger partial charge in [0.25, 0.3) is 0 Å². The zero-order chi connectivity index (χ0) is 14.9. The number of halogens is 1. The summed E-state index contributed by atoms with van der Waals surface area (Å²) in [5.74, 6) is -0.256. The summed E-state index contributed by atoms with van der Waals surface area (Å²) >= 11 is 3.31. The van der Waals surface area contributed by atoms with E-state index >= 15 is 0 Å². The maximum absolute atomic E-state index is 13.0. The van der Waals surface area contributed by atoms with E-state index in [4.69, 9.17) is 0 Å². The van der Waals surface area contributed by atoms with Gasteiger partial charge in [0.05, 0.1) is 10.5 Å². The van der Waals surface area contributed by atoms with Gasteiger partial charge in [-0.1, -0.05) is 18.2 Å². The van der Waals surface area contributed by atoms with E-state index in [2.05, 4.69) is 6.07 Å². The monoisotopic (exact) mass is 318 g/mol. The first-order chi connectivity index (χ1) is 10.1. The maximum Gasteiger partial charge on any atom is 0.123 e. The molecule has 1 nitrogen and oxygen atoms in total. The lowest BCUT2D eigenvalue weighted by Crippen LogP contribution is -2.24. The molecular weight excluding hydrogens is 303 g/mol. The fourth-order valence-electron chi connectivity index (χ4n) is 2.43. The van der Waals surface area contributed by atoms with Gasteiger partial charge in [-0.3, -0.25) is 0 Å². The van der Waals surface area contributed by atoms with Crippen LogP contribution in [0.4, 0.5) is 4.39 Å². The van der Waals surface area contributed by atoms with Crippen LogP contribution < -0.4 is 0 Å². The predicted octanol–water partition coefficient (Wildman–Crippen LogP) is 5.07. The van der Waals surface area contributed by atoms with Crippen LogP contribution in [0.3, 0.4) is 0 Å². The fourth-order valence-corrected chi connectivity index (χ4v) is 4.33. The van der Waals surface area contributed by atoms with E-state index < -0.39 is 5.60 Å². The Morgan fingerprint density at radius 3 is 2.48 bits per heavy atom. The summed E-state index contributed by atoms with van der Waals surface area (Å²) in [5.41, 5.74) is 0.876. The summed E-state index contributed by atoms with van der Waals surface area (Å²) in [4.78, 5) is 2.27. The highest BCUT2D eigenvalue weighted by Gasteiger charge is 2.28. The van der Waals surface area contributed by atoms with Crippen molar-refractivity contribution in [1.29, 1.82) is 0 Å². The van der Waals surface area contributed by atoms with Gasteiger partial charge < -0.3 is 5.11 Å². The minimum atomic E-state index is -0.975. The van der Waals surface area contributed by atoms with Crippen LogP contribution in [-0.4, -0.2) is 5.11 Å². The summed E-state index contributed by atoms with van der Waals surface area (Å²) in [6.07, 6.45) is 0.461. The number of aliphatic hydroxyl groups is 1. The minimum absolute atomic E-state index is 0.256. The molecule has 4 heteroatoms. The van der Waals surface area contributed by atoms with Crippen LogP contribution in [0.25, 0.3) is 9.75 Å². The minimum Gasteiger partial charge on any atom is -0.385 e. The Labute approximate surface area is 131 Å². The number of hydrogen-bond donors (Lipinski definition) is 1. The van der Waals surface area contributed by atoms with Crippen molar-refractivity contribution >= 4 is 22.7 Å². The summed E-state index contributed by atoms with van der Waals surface area (Å²) in [6, 6.07) is 12.4. The molecule has 1 atom stereocenters. The molecule has 0 spiro atoms. The summed E-state index contributed by atoms with van der Waals surface area (Å²) in [5, 5.41) is 14.9. The van der Waals surface area contributed by atoms with Crippen molar-refractivity contribution in [1.82, 2.24) is 0 Å². The molecule has 0 aliphatic rings. The fraction of sp³-hybridized carbons (Fsp3) is 0.176. The molecule has 0 saturated carbocycles. The van der Waals surface area contributed by atoms with Crippen LogP contribution in [0.2, 0.25) is 0 Å². The standard InChI is InChI=1S/C17H15FOS2/c1-17(19,11-12-4-6-13(18)7-5-12)14-8-10-21-16(14)15-3-2-9-20-15/h2-10,19H,11H2,1H3. The molecular formula is C17H15FOS2. The second kappa shape index (κ2) is 5.72. The van der Waals surface area contributed by atoms with Gasteiger partial charge in [-0.15, -0.1) is 22.7 Å². The van der Waals surface area contributed by atoms with Gasteiger partial charge in [0.1, 0.15) is 5.82 Å². The largest absolute Gasteiger partial charge is 0.385 e. The molecule has 3 rings (SSSR count). The third kappa shape index (κ3) is 3.07. The van der Waals surface area contributed by atoms with E-state index in [1.165, 1.54) is 17.0 Å². The zero-order valence-electron chi connectivity index (χ0n) is 11.5. The van der Waals surface area contributed by atoms with E-state index in [-0.39, 0.29) is 5.82 Å². The van der Waals surface area contributed by atoms with E-state index in [0.717, 1.165) is 16.0 Å². The van der Waals surface area contributed by atoms with Crippen molar-refractivity contribution in [2.45, 2.75) is 18.9 Å². The summed E-state index contributed by atoms with van der Waals surface area (Å²) in [6.45, 7) is 1.81. The molecule has 0 amide bonds. The predicted molar refractivity (Wildman–Crippen MR) is 87.3 cm³/mol. The lowest BCUT2D eigenvalue weighted by atomic mass is 9.89. The first-order valence-corrected chi connectivity index (χ1v) is 8.41. The van der Waals surface area contributed by atoms with Gasteiger partial charge in [-0.05, 0) is 47.5 Å². The van der Waals surface area contributed by atoms with Gasteiger partial charge in [-0.25, -0.2) is 4.39 Å². The molecule has 2 aromatic heterocycles. The van der Waals surface area contributed by atoms with E-state index in [9.17, 15) is 9.50 Å². The average Bonchev–Trinajstić information content (AvgIpc) is 3.11. The molecule has 0 saturated heterocycles. The van der Waals surface area contributed by atoms with E-state index in [0.29, 0.717) is 6.42 Å². The molecule has 0 aliphatic carbocycles. The normalized spacial score (nSPS) is 14.0. The maximum atomic E-state index is 13.0. The van der Waals surface area contributed by atoms with Gasteiger partial charge >= 0.3 is 0 Å². The van der Waals surface area contributed by atoms with Crippen LogP contribution in [0.15, 0.2) is 53.2 Å². The highest BCUT2D eigenvalue weighted by atomic mass is 32.1. The second-order valence-corrected chi connectivity index (χ2v) is 7.08. The Morgan fingerprint density at radius 2 is 1.81 bits per heavy atom. The first-order valence-electron chi connectivity index (χ1n) is 6.65. The molecule has 1 aromatic carbocycles. The number of hydrogen-bond acceptors (Lipinski definition) is 3. The van der Waals surface area contributed by atoms with Crippen molar-refractivity contribution in [3.05, 3.63) is 70.2 Å². The van der Waals surface area contributed by atoms with Crippen molar-refractivity contribution in [2.24, 2.45) is 0 Å². The molecule has 0 fully saturated rings. The summed E-state index contributed by atoms with van der Waals surface area (Å²) in [7, 11) is 0. The molecule has 0 radical (unpaired) electrons. The molecule has 108 valence electrons. The molecule has 1 unspecified atom stereocenters. The Hall–Kier alpha value is -1.49. The topological polar surface area (TPSA) is 20.2 Å². The number of thiophene rings is 2. The van der Waals surface area contributed by atoms with Gasteiger partial charge in [0.15, 0.2) is 0 Å². The van der Waals surface area contributed by atoms with Crippen LogP contribution in [0.5, 0.6) is 0 Å². The molecule has 21 heavy (non-hydrogen) atoms. The number of rotatable bonds is 4. The summed E-state index contributed by atoms with van der Waals surface area (Å²) < 4.78 is 13.0. The zero-order valence-corrected chi connectivity index (χ0v) is 13.2. The second-order valence-electron chi connectivity index (χ2n) is 5.22. The average molecular weight is 318 g/mol. The number of benzene rings is 1. The molecule has 0 aliphatic heterocycles. The Morgan fingerprint density at radius 1 is 1.05 bits per heavy atom. The quantitative estimate of drug-likeness (QED) is 0.712. The van der Waals surface area contributed by atoms with Crippen LogP contribution in [0.1, 0.15) is 18.1 Å². The lowest BCUT2D eigenvalue weighted by Gasteiger charge is -2.24. The van der Waals surface area contributed by atoms with Gasteiger partial charge in [0, 0.05) is 16.9 Å². The van der Waals surface area contributed by atoms with Crippen LogP contribution in [0, 0.1) is 5.82 Å². The highest BCUT2D eigenvalue weighted by Crippen LogP contribution is 2.39. The Kier molecular flexibility index (Phi) is 3.93. The third-order valence-corrected chi connectivity index (χ3v) is 5.42. The smallest absolute Gasteiger partial charge is 0.123 e. The lowest BCUT2D eigenvalue weighted by molar-refractivity contribution is 0.0586. The van der Waals surface area contributed by atoms with Crippen molar-refractivity contribution in [2.75, 3.05) is 0 Å². The molecule has 1 N–H and O–H groups in total. The van der Waals surface area contributed by atoms with Crippen molar-refractivity contribution in [3.63, 3.8) is 0 Å². The van der Waals surface area contributed by atoms with Crippen molar-refractivity contribution in [3.8, 4) is 9.75 Å². The Bertz CT molecular complexity index is 712. The van der Waals surface area contributed by atoms with Crippen LogP contribution >= 0.6 is 22.7 Å². The van der Waals surface area contributed by atoms with E-state index in [1.54, 1.807) is 34.8 Å². The SMILES string of the molecule is CC(O)(Cc1ccc(F)cc1)c1ccsc1-c1cccs1. The first kappa shape index (κ1) is 14.4. The van der Waals surface area contributed by atoms with E-state index in [1.807, 2.05) is 29.8 Å². The van der Waals surface area contributed by atoms with Gasteiger partial charge in [0.2, 0.25) is 0 Å². The van der Waals surface area contributed by atoms with Crippen LogP contribution in [-0.2, 0) is 12.0 Å². The highest BCUT2D eigenvalue weighted by molar-refractivity contribution is 7.20. The Balaban J connectivity index is 1.92. The molecule has 2 heterocycles. The van der Waals surface area contributed by atoms with Crippen molar-refractivity contribution < 1.29 is 9.50 Å².